The quantitative estimate of drug-likeness (QED) is 0.134. The summed E-state index contributed by atoms with van der Waals surface area (Å²) in [4.78, 5) is 32.9. The third kappa shape index (κ3) is 4.56. The normalized spacial score (nSPS) is 11.1. The van der Waals surface area contributed by atoms with Crippen LogP contribution in [0.4, 0.5) is 5.69 Å². The summed E-state index contributed by atoms with van der Waals surface area (Å²) in [7, 11) is 0. The molecule has 2 heterocycles. The number of nitrogens with zero attached hydrogens (tertiary/aromatic N) is 5. The van der Waals surface area contributed by atoms with E-state index in [1.54, 1.807) is 22.8 Å². The van der Waals surface area contributed by atoms with Gasteiger partial charge in [0, 0.05) is 17.7 Å². The monoisotopic (exact) mass is 485 g/mol. The van der Waals surface area contributed by atoms with Crippen molar-refractivity contribution in [2.45, 2.75) is 24.3 Å². The first-order valence-corrected chi connectivity index (χ1v) is 11.8. The molecular weight excluding hydrogens is 466 g/mol. The van der Waals surface area contributed by atoms with Crippen LogP contribution < -0.4 is 5.56 Å². The maximum atomic E-state index is 13.4. The number of aromatic nitrogens is 4. The van der Waals surface area contributed by atoms with Crippen LogP contribution in [0.1, 0.15) is 18.4 Å². The number of benzene rings is 3. The van der Waals surface area contributed by atoms with Crippen molar-refractivity contribution < 1.29 is 9.45 Å². The molecule has 5 aromatic rings. The lowest BCUT2D eigenvalue weighted by Crippen LogP contribution is -2.21. The number of para-hydroxylation sites is 1. The summed E-state index contributed by atoms with van der Waals surface area (Å²) in [6, 6.07) is 21.0. The molecule has 0 amide bonds. The summed E-state index contributed by atoms with van der Waals surface area (Å²) >= 11 is 1.32. The standard InChI is InChI=1S/C25H19N5O4S/c1-2-16-7-11-18(12-8-16)29-24(31)20-5-3-4-6-21(20)26-25(29)35-15-22-27-23(28-34-22)17-9-13-19(14-10-17)30(32)33/h3-14H,2,15H2,1H3. The van der Waals surface area contributed by atoms with Gasteiger partial charge in [-0.1, -0.05) is 48.1 Å². The highest BCUT2D eigenvalue weighted by Crippen LogP contribution is 2.26. The maximum Gasteiger partial charge on any atom is 0.269 e. The van der Waals surface area contributed by atoms with Crippen LogP contribution in [0.2, 0.25) is 0 Å². The number of thioether (sulfide) groups is 1. The molecule has 10 heteroatoms. The molecule has 0 fully saturated rings. The predicted octanol–water partition coefficient (Wildman–Crippen LogP) is 5.20. The lowest BCUT2D eigenvalue weighted by atomic mass is 10.1. The Hall–Kier alpha value is -4.31. The van der Waals surface area contributed by atoms with Crippen LogP contribution >= 0.6 is 11.8 Å². The molecule has 5 rings (SSSR count). The van der Waals surface area contributed by atoms with Crippen molar-refractivity contribution in [2.75, 3.05) is 0 Å². The van der Waals surface area contributed by atoms with E-state index in [9.17, 15) is 14.9 Å². The number of rotatable bonds is 7. The van der Waals surface area contributed by atoms with E-state index in [4.69, 9.17) is 9.51 Å². The van der Waals surface area contributed by atoms with Crippen molar-refractivity contribution in [3.05, 3.63) is 105 Å². The molecule has 2 aromatic heterocycles. The summed E-state index contributed by atoms with van der Waals surface area (Å²) in [6.45, 7) is 2.08. The molecule has 35 heavy (non-hydrogen) atoms. The molecule has 0 saturated heterocycles. The first kappa shape index (κ1) is 22.5. The van der Waals surface area contributed by atoms with Gasteiger partial charge in [-0.2, -0.15) is 4.98 Å². The van der Waals surface area contributed by atoms with Crippen LogP contribution in [0.5, 0.6) is 0 Å². The van der Waals surface area contributed by atoms with Crippen LogP contribution in [0.25, 0.3) is 28.0 Å². The Bertz CT molecular complexity index is 1580. The lowest BCUT2D eigenvalue weighted by molar-refractivity contribution is -0.384. The molecule has 0 N–H and O–H groups in total. The maximum absolute atomic E-state index is 13.4. The fourth-order valence-electron chi connectivity index (χ4n) is 3.61. The number of nitro groups is 1. The Morgan fingerprint density at radius 2 is 1.74 bits per heavy atom. The fraction of sp³-hybridized carbons (Fsp3) is 0.120. The van der Waals surface area contributed by atoms with Gasteiger partial charge in [0.15, 0.2) is 5.16 Å². The minimum absolute atomic E-state index is 0.0136. The summed E-state index contributed by atoms with van der Waals surface area (Å²) in [5, 5.41) is 15.9. The lowest BCUT2D eigenvalue weighted by Gasteiger charge is -2.13. The zero-order valence-corrected chi connectivity index (χ0v) is 19.4. The largest absolute Gasteiger partial charge is 0.338 e. The Kier molecular flexibility index (Phi) is 6.11. The van der Waals surface area contributed by atoms with E-state index in [1.807, 2.05) is 42.5 Å². The summed E-state index contributed by atoms with van der Waals surface area (Å²) in [6.07, 6.45) is 0.904. The second-order valence-corrected chi connectivity index (χ2v) is 8.62. The van der Waals surface area contributed by atoms with Gasteiger partial charge in [0.1, 0.15) is 0 Å². The van der Waals surface area contributed by atoms with Gasteiger partial charge in [-0.15, -0.1) is 0 Å². The molecule has 0 aliphatic carbocycles. The van der Waals surface area contributed by atoms with Crippen molar-refractivity contribution in [2.24, 2.45) is 0 Å². The Labute approximate surface area is 203 Å². The van der Waals surface area contributed by atoms with E-state index < -0.39 is 4.92 Å². The van der Waals surface area contributed by atoms with E-state index in [-0.39, 0.29) is 17.0 Å². The highest BCUT2D eigenvalue weighted by molar-refractivity contribution is 7.98. The van der Waals surface area contributed by atoms with E-state index in [1.165, 1.54) is 29.5 Å². The van der Waals surface area contributed by atoms with Gasteiger partial charge in [-0.25, -0.2) is 4.98 Å². The minimum Gasteiger partial charge on any atom is -0.338 e. The van der Waals surface area contributed by atoms with Crippen LogP contribution in [0.3, 0.4) is 0 Å². The van der Waals surface area contributed by atoms with Gasteiger partial charge < -0.3 is 4.52 Å². The topological polar surface area (TPSA) is 117 Å². The third-order valence-electron chi connectivity index (χ3n) is 5.48. The summed E-state index contributed by atoms with van der Waals surface area (Å²) in [5.41, 5.74) is 2.95. The van der Waals surface area contributed by atoms with Gasteiger partial charge in [-0.05, 0) is 48.4 Å². The average Bonchev–Trinajstić information content (AvgIpc) is 3.37. The van der Waals surface area contributed by atoms with Crippen molar-refractivity contribution in [1.82, 2.24) is 19.7 Å². The highest BCUT2D eigenvalue weighted by Gasteiger charge is 2.16. The zero-order valence-electron chi connectivity index (χ0n) is 18.6. The Balaban J connectivity index is 1.46. The molecule has 0 spiro atoms. The number of aryl methyl sites for hydroxylation is 1. The first-order valence-electron chi connectivity index (χ1n) is 10.8. The molecule has 3 aromatic carbocycles. The van der Waals surface area contributed by atoms with Gasteiger partial charge >= 0.3 is 0 Å². The SMILES string of the molecule is CCc1ccc(-n2c(SCc3nc(-c4ccc([N+](=O)[O-])cc4)no3)nc3ccccc3c2=O)cc1. The van der Waals surface area contributed by atoms with Gasteiger partial charge in [0.2, 0.25) is 11.7 Å². The van der Waals surface area contributed by atoms with Crippen molar-refractivity contribution in [3.63, 3.8) is 0 Å². The number of hydrogen-bond acceptors (Lipinski definition) is 8. The Morgan fingerprint density at radius 3 is 2.46 bits per heavy atom. The van der Waals surface area contributed by atoms with Crippen LogP contribution in [-0.2, 0) is 12.2 Å². The van der Waals surface area contributed by atoms with Crippen LogP contribution in [0.15, 0.2) is 87.3 Å². The molecule has 0 saturated carbocycles. The fourth-order valence-corrected chi connectivity index (χ4v) is 4.46. The predicted molar refractivity (Wildman–Crippen MR) is 133 cm³/mol. The van der Waals surface area contributed by atoms with Crippen molar-refractivity contribution in [1.29, 1.82) is 0 Å². The molecule has 0 unspecified atom stereocenters. The van der Waals surface area contributed by atoms with Crippen molar-refractivity contribution in [3.8, 4) is 17.1 Å². The minimum atomic E-state index is -0.464. The molecule has 0 radical (unpaired) electrons. The van der Waals surface area contributed by atoms with Crippen LogP contribution in [0, 0.1) is 10.1 Å². The second kappa shape index (κ2) is 9.51. The van der Waals surface area contributed by atoms with Crippen LogP contribution in [-0.4, -0.2) is 24.6 Å². The molecule has 0 bridgehead atoms. The highest BCUT2D eigenvalue weighted by atomic mass is 32.2. The van der Waals surface area contributed by atoms with E-state index in [2.05, 4.69) is 17.1 Å². The smallest absolute Gasteiger partial charge is 0.269 e. The summed E-state index contributed by atoms with van der Waals surface area (Å²) < 4.78 is 6.98. The number of non-ortho nitro benzene ring substituents is 1. The third-order valence-corrected chi connectivity index (χ3v) is 6.40. The second-order valence-electron chi connectivity index (χ2n) is 7.68. The summed E-state index contributed by atoms with van der Waals surface area (Å²) in [5.74, 6) is 0.964. The number of hydrogen-bond donors (Lipinski definition) is 0. The molecule has 9 nitrogen and oxygen atoms in total. The first-order chi connectivity index (χ1) is 17.0. The van der Waals surface area contributed by atoms with Crippen molar-refractivity contribution >= 4 is 28.4 Å². The van der Waals surface area contributed by atoms with Gasteiger partial charge in [-0.3, -0.25) is 19.5 Å². The molecule has 174 valence electrons. The number of nitro benzene ring substituents is 1. The van der Waals surface area contributed by atoms with E-state index in [0.717, 1.165) is 12.1 Å². The molecule has 0 aliphatic heterocycles. The Morgan fingerprint density at radius 1 is 1.00 bits per heavy atom. The molecular formula is C25H19N5O4S. The number of fused-ring (bicyclic) bond motifs is 1. The van der Waals surface area contributed by atoms with E-state index >= 15 is 0 Å². The molecule has 0 aliphatic rings. The van der Waals surface area contributed by atoms with Gasteiger partial charge in [0.05, 0.1) is 27.3 Å². The zero-order chi connectivity index (χ0) is 24.4. The average molecular weight is 486 g/mol. The van der Waals surface area contributed by atoms with E-state index in [0.29, 0.717) is 33.3 Å². The molecule has 0 atom stereocenters. The van der Waals surface area contributed by atoms with Gasteiger partial charge in [0.25, 0.3) is 11.2 Å².